The number of carbonyl (C=O) groups excluding carboxylic acids is 1. The number of nitrogens with zero attached hydrogens (tertiary/aromatic N) is 4. The Morgan fingerprint density at radius 2 is 2.00 bits per heavy atom. The predicted octanol–water partition coefficient (Wildman–Crippen LogP) is 2.84. The number of halogens is 2. The van der Waals surface area contributed by atoms with Gasteiger partial charge in [0, 0.05) is 25.8 Å². The highest BCUT2D eigenvalue weighted by Crippen LogP contribution is 2.24. The number of hydrogen-bond donors (Lipinski definition) is 1. The SMILES string of the molecule is CCn1cc(C(=O)NCCCn2nc(C)c(Cl)c2Cl)c(C)n1. The molecule has 0 unspecified atom stereocenters. The molecule has 120 valence electrons. The third-order valence-electron chi connectivity index (χ3n) is 3.34. The van der Waals surface area contributed by atoms with E-state index in [-0.39, 0.29) is 5.91 Å². The van der Waals surface area contributed by atoms with E-state index >= 15 is 0 Å². The van der Waals surface area contributed by atoms with Gasteiger partial charge in [-0.25, -0.2) is 0 Å². The second kappa shape index (κ2) is 7.15. The van der Waals surface area contributed by atoms with Gasteiger partial charge in [-0.1, -0.05) is 23.2 Å². The van der Waals surface area contributed by atoms with E-state index in [1.807, 2.05) is 13.8 Å². The Balaban J connectivity index is 1.84. The van der Waals surface area contributed by atoms with Crippen molar-refractivity contribution in [2.75, 3.05) is 6.54 Å². The van der Waals surface area contributed by atoms with Crippen molar-refractivity contribution in [2.24, 2.45) is 0 Å². The van der Waals surface area contributed by atoms with Crippen molar-refractivity contribution in [2.45, 2.75) is 40.3 Å². The minimum Gasteiger partial charge on any atom is -0.352 e. The summed E-state index contributed by atoms with van der Waals surface area (Å²) in [6.07, 6.45) is 2.47. The van der Waals surface area contributed by atoms with Gasteiger partial charge in [0.25, 0.3) is 5.91 Å². The number of carbonyl (C=O) groups is 1. The van der Waals surface area contributed by atoms with Gasteiger partial charge in [-0.15, -0.1) is 0 Å². The van der Waals surface area contributed by atoms with E-state index in [0.29, 0.717) is 40.9 Å². The van der Waals surface area contributed by atoms with E-state index in [2.05, 4.69) is 15.5 Å². The molecule has 6 nitrogen and oxygen atoms in total. The van der Waals surface area contributed by atoms with E-state index in [1.165, 1.54) is 0 Å². The number of hydrogen-bond acceptors (Lipinski definition) is 3. The molecule has 1 amide bonds. The van der Waals surface area contributed by atoms with Crippen molar-refractivity contribution in [1.29, 1.82) is 0 Å². The van der Waals surface area contributed by atoms with Gasteiger partial charge in [-0.3, -0.25) is 14.2 Å². The first kappa shape index (κ1) is 16.8. The molecule has 2 aromatic heterocycles. The van der Waals surface area contributed by atoms with Crippen LogP contribution < -0.4 is 5.32 Å². The monoisotopic (exact) mass is 343 g/mol. The fraction of sp³-hybridized carbons (Fsp3) is 0.500. The van der Waals surface area contributed by atoms with Crippen LogP contribution in [0.25, 0.3) is 0 Å². The summed E-state index contributed by atoms with van der Waals surface area (Å²) in [6.45, 7) is 7.49. The lowest BCUT2D eigenvalue weighted by Crippen LogP contribution is -2.25. The minimum absolute atomic E-state index is 0.113. The van der Waals surface area contributed by atoms with Gasteiger partial charge >= 0.3 is 0 Å². The lowest BCUT2D eigenvalue weighted by molar-refractivity contribution is 0.0952. The van der Waals surface area contributed by atoms with Crippen molar-refractivity contribution in [3.63, 3.8) is 0 Å². The van der Waals surface area contributed by atoms with Crippen LogP contribution in [0.3, 0.4) is 0 Å². The Hall–Kier alpha value is -1.53. The van der Waals surface area contributed by atoms with Gasteiger partial charge in [0.2, 0.25) is 0 Å². The van der Waals surface area contributed by atoms with Gasteiger partial charge in [0.15, 0.2) is 0 Å². The number of nitrogens with one attached hydrogen (secondary N) is 1. The summed E-state index contributed by atoms with van der Waals surface area (Å²) in [5, 5.41) is 12.3. The largest absolute Gasteiger partial charge is 0.352 e. The molecule has 0 atom stereocenters. The molecule has 8 heteroatoms. The summed E-state index contributed by atoms with van der Waals surface area (Å²) in [5.41, 5.74) is 2.05. The molecule has 0 saturated carbocycles. The van der Waals surface area contributed by atoms with Crippen LogP contribution in [0.15, 0.2) is 6.20 Å². The summed E-state index contributed by atoms with van der Waals surface area (Å²) in [4.78, 5) is 12.1. The van der Waals surface area contributed by atoms with E-state index in [4.69, 9.17) is 23.2 Å². The third kappa shape index (κ3) is 3.62. The first-order valence-corrected chi connectivity index (χ1v) is 7.90. The lowest BCUT2D eigenvalue weighted by Gasteiger charge is -2.05. The predicted molar refractivity (Wildman–Crippen MR) is 86.6 cm³/mol. The van der Waals surface area contributed by atoms with Crippen molar-refractivity contribution >= 4 is 29.1 Å². The second-order valence-electron chi connectivity index (χ2n) is 5.01. The molecule has 2 heterocycles. The molecule has 2 aromatic rings. The highest BCUT2D eigenvalue weighted by molar-refractivity contribution is 6.41. The van der Waals surface area contributed by atoms with E-state index in [0.717, 1.165) is 12.2 Å². The Bertz CT molecular complexity index is 677. The van der Waals surface area contributed by atoms with Gasteiger partial charge in [0.05, 0.1) is 17.0 Å². The second-order valence-corrected chi connectivity index (χ2v) is 5.74. The minimum atomic E-state index is -0.113. The molecular weight excluding hydrogens is 325 g/mol. The van der Waals surface area contributed by atoms with Gasteiger partial charge in [-0.2, -0.15) is 10.2 Å². The summed E-state index contributed by atoms with van der Waals surface area (Å²) >= 11 is 12.0. The first-order chi connectivity index (χ1) is 10.4. The summed E-state index contributed by atoms with van der Waals surface area (Å²) in [5.74, 6) is -0.113. The van der Waals surface area contributed by atoms with Crippen LogP contribution in [0.5, 0.6) is 0 Å². The topological polar surface area (TPSA) is 64.7 Å². The number of aromatic nitrogens is 4. The molecule has 1 N–H and O–H groups in total. The maximum Gasteiger partial charge on any atom is 0.254 e. The summed E-state index contributed by atoms with van der Waals surface area (Å²) in [7, 11) is 0. The number of amides is 1. The van der Waals surface area contributed by atoms with Crippen molar-refractivity contribution in [1.82, 2.24) is 24.9 Å². The molecule has 0 aliphatic heterocycles. The first-order valence-electron chi connectivity index (χ1n) is 7.14. The highest BCUT2D eigenvalue weighted by Gasteiger charge is 2.13. The van der Waals surface area contributed by atoms with Crippen LogP contribution in [-0.4, -0.2) is 32.0 Å². The summed E-state index contributed by atoms with van der Waals surface area (Å²) in [6, 6.07) is 0. The lowest BCUT2D eigenvalue weighted by atomic mass is 10.2. The smallest absolute Gasteiger partial charge is 0.254 e. The van der Waals surface area contributed by atoms with Crippen LogP contribution >= 0.6 is 23.2 Å². The van der Waals surface area contributed by atoms with Crippen LogP contribution in [0.1, 0.15) is 35.1 Å². The van der Waals surface area contributed by atoms with Crippen LogP contribution in [-0.2, 0) is 13.1 Å². The van der Waals surface area contributed by atoms with Crippen molar-refractivity contribution in [3.8, 4) is 0 Å². The van der Waals surface area contributed by atoms with Crippen molar-refractivity contribution in [3.05, 3.63) is 33.3 Å². The third-order valence-corrected chi connectivity index (χ3v) is 4.28. The molecule has 0 aromatic carbocycles. The highest BCUT2D eigenvalue weighted by atomic mass is 35.5. The van der Waals surface area contributed by atoms with Gasteiger partial charge in [-0.05, 0) is 27.2 Å². The van der Waals surface area contributed by atoms with Gasteiger partial charge < -0.3 is 5.32 Å². The Labute approximate surface area is 139 Å². The van der Waals surface area contributed by atoms with Crippen LogP contribution in [0.2, 0.25) is 10.2 Å². The molecule has 0 fully saturated rings. The van der Waals surface area contributed by atoms with E-state index < -0.39 is 0 Å². The zero-order valence-corrected chi connectivity index (χ0v) is 14.4. The fourth-order valence-electron chi connectivity index (χ4n) is 2.11. The van der Waals surface area contributed by atoms with E-state index in [9.17, 15) is 4.79 Å². The molecule has 0 saturated heterocycles. The molecule has 0 bridgehead atoms. The quantitative estimate of drug-likeness (QED) is 0.820. The molecule has 0 spiro atoms. The average Bonchev–Trinajstić information content (AvgIpc) is 2.99. The Morgan fingerprint density at radius 3 is 2.55 bits per heavy atom. The maximum atomic E-state index is 12.1. The Kier molecular flexibility index (Phi) is 5.47. The van der Waals surface area contributed by atoms with Crippen molar-refractivity contribution < 1.29 is 4.79 Å². The Morgan fingerprint density at radius 1 is 1.27 bits per heavy atom. The zero-order valence-electron chi connectivity index (χ0n) is 12.9. The molecule has 0 aliphatic carbocycles. The molecule has 22 heavy (non-hydrogen) atoms. The summed E-state index contributed by atoms with van der Waals surface area (Å²) < 4.78 is 3.39. The number of aryl methyl sites for hydroxylation is 4. The van der Waals surface area contributed by atoms with Crippen LogP contribution in [0.4, 0.5) is 0 Å². The molecular formula is C14H19Cl2N5O. The fourth-order valence-corrected chi connectivity index (χ4v) is 2.50. The normalized spacial score (nSPS) is 11.0. The number of rotatable bonds is 6. The standard InChI is InChI=1S/C14H19Cl2N5O/c1-4-20-8-11(9(2)18-20)14(22)17-6-5-7-21-13(16)12(15)10(3)19-21/h8H,4-7H2,1-3H3,(H,17,22). The van der Waals surface area contributed by atoms with E-state index in [1.54, 1.807) is 22.5 Å². The molecule has 0 radical (unpaired) electrons. The molecule has 2 rings (SSSR count). The maximum absolute atomic E-state index is 12.1. The average molecular weight is 344 g/mol. The zero-order chi connectivity index (χ0) is 16.3. The van der Waals surface area contributed by atoms with Gasteiger partial charge in [0.1, 0.15) is 10.2 Å². The molecule has 0 aliphatic rings. The van der Waals surface area contributed by atoms with Crippen LogP contribution in [0, 0.1) is 13.8 Å².